The number of aliphatic hydroxyl groups is 1. The number of anilines is 1. The molecule has 0 saturated carbocycles. The van der Waals surface area contributed by atoms with Crippen molar-refractivity contribution in [2.24, 2.45) is 5.41 Å². The molecule has 1 N–H and O–H groups in total. The molecule has 1 aromatic rings. The van der Waals surface area contributed by atoms with Crippen molar-refractivity contribution in [3.05, 3.63) is 23.8 Å². The molecule has 0 aromatic heterocycles. The molecule has 1 amide bonds. The molecule has 0 radical (unpaired) electrons. The summed E-state index contributed by atoms with van der Waals surface area (Å²) in [6, 6.07) is 5.04. The number of amides is 1. The second kappa shape index (κ2) is 6.57. The smallest absolute Gasteiger partial charge is 0.243 e. The van der Waals surface area contributed by atoms with Crippen LogP contribution in [0.5, 0.6) is 0 Å². The van der Waals surface area contributed by atoms with E-state index in [1.807, 2.05) is 6.92 Å². The molecule has 3 aliphatic rings. The summed E-state index contributed by atoms with van der Waals surface area (Å²) in [5, 5.41) is 9.97. The molecule has 3 atom stereocenters. The predicted molar refractivity (Wildman–Crippen MR) is 103 cm³/mol. The number of hydrogen-bond acceptors (Lipinski definition) is 4. The van der Waals surface area contributed by atoms with Crippen LogP contribution in [-0.4, -0.2) is 49.0 Å². The van der Waals surface area contributed by atoms with E-state index in [0.29, 0.717) is 11.4 Å². The number of fused-ring (bicyclic) bond motifs is 3. The number of nitrogens with zero attached hydrogens (tertiary/aromatic N) is 2. The topological polar surface area (TPSA) is 77.9 Å². The zero-order valence-corrected chi connectivity index (χ0v) is 16.8. The van der Waals surface area contributed by atoms with Crippen LogP contribution in [0.3, 0.4) is 0 Å². The number of sulfonamides is 1. The van der Waals surface area contributed by atoms with E-state index in [4.69, 9.17) is 0 Å². The molecule has 2 bridgehead atoms. The van der Waals surface area contributed by atoms with Crippen LogP contribution >= 0.6 is 0 Å². The van der Waals surface area contributed by atoms with Crippen molar-refractivity contribution >= 4 is 21.6 Å². The molecule has 3 aliphatic heterocycles. The van der Waals surface area contributed by atoms with Crippen LogP contribution < -0.4 is 4.90 Å². The Morgan fingerprint density at radius 1 is 1.33 bits per heavy atom. The van der Waals surface area contributed by atoms with Crippen molar-refractivity contribution in [2.75, 3.05) is 18.1 Å². The minimum Gasteiger partial charge on any atom is -0.396 e. The zero-order chi connectivity index (χ0) is 19.4. The Morgan fingerprint density at radius 2 is 2.11 bits per heavy atom. The van der Waals surface area contributed by atoms with Gasteiger partial charge in [0, 0.05) is 36.7 Å². The Kier molecular flexibility index (Phi) is 4.60. The molecule has 0 aliphatic carbocycles. The number of benzene rings is 1. The monoisotopic (exact) mass is 392 g/mol. The van der Waals surface area contributed by atoms with Crippen LogP contribution in [0.2, 0.25) is 0 Å². The highest BCUT2D eigenvalue weighted by Gasteiger charge is 2.58. The second-order valence-corrected chi connectivity index (χ2v) is 10.1. The first-order chi connectivity index (χ1) is 12.8. The third kappa shape index (κ3) is 2.74. The molecule has 0 spiro atoms. The Bertz CT molecular complexity index is 863. The maximum atomic E-state index is 13.5. The molecule has 148 valence electrons. The fourth-order valence-corrected chi connectivity index (χ4v) is 7.45. The molecule has 1 aromatic carbocycles. The predicted octanol–water partition coefficient (Wildman–Crippen LogP) is 2.30. The van der Waals surface area contributed by atoms with Crippen LogP contribution in [0.4, 0.5) is 5.69 Å². The Balaban J connectivity index is 1.71. The van der Waals surface area contributed by atoms with Crippen molar-refractivity contribution in [3.63, 3.8) is 0 Å². The van der Waals surface area contributed by atoms with Gasteiger partial charge in [0.05, 0.1) is 11.5 Å². The quantitative estimate of drug-likeness (QED) is 0.853. The van der Waals surface area contributed by atoms with Gasteiger partial charge in [-0.05, 0) is 62.3 Å². The van der Waals surface area contributed by atoms with Gasteiger partial charge in [0.15, 0.2) is 0 Å². The van der Waals surface area contributed by atoms with Crippen LogP contribution in [0.15, 0.2) is 23.1 Å². The van der Waals surface area contributed by atoms with Gasteiger partial charge in [0.1, 0.15) is 0 Å². The fourth-order valence-electron chi connectivity index (χ4n) is 5.44. The maximum absolute atomic E-state index is 13.5. The molecular weight excluding hydrogens is 364 g/mol. The second-order valence-electron chi connectivity index (χ2n) is 8.22. The van der Waals surface area contributed by atoms with Gasteiger partial charge in [0.2, 0.25) is 15.9 Å². The fraction of sp³-hybridized carbons (Fsp3) is 0.650. The lowest BCUT2D eigenvalue weighted by atomic mass is 9.72. The van der Waals surface area contributed by atoms with Gasteiger partial charge >= 0.3 is 0 Å². The minimum atomic E-state index is -3.62. The van der Waals surface area contributed by atoms with E-state index >= 15 is 0 Å². The molecule has 6 nitrogen and oxygen atoms in total. The van der Waals surface area contributed by atoms with Gasteiger partial charge in [-0.1, -0.05) is 6.92 Å². The molecular formula is C20H28N2O4S. The van der Waals surface area contributed by atoms with Crippen molar-refractivity contribution in [1.82, 2.24) is 4.31 Å². The van der Waals surface area contributed by atoms with Crippen LogP contribution in [0.25, 0.3) is 0 Å². The maximum Gasteiger partial charge on any atom is 0.243 e. The average Bonchev–Trinajstić information content (AvgIpc) is 3.24. The first kappa shape index (κ1) is 18.9. The van der Waals surface area contributed by atoms with Crippen molar-refractivity contribution in [2.45, 2.75) is 69.4 Å². The first-order valence-corrected chi connectivity index (χ1v) is 11.3. The van der Waals surface area contributed by atoms with E-state index in [1.54, 1.807) is 34.3 Å². The van der Waals surface area contributed by atoms with Gasteiger partial charge in [-0.15, -0.1) is 0 Å². The molecule has 0 unspecified atom stereocenters. The van der Waals surface area contributed by atoms with Crippen molar-refractivity contribution in [1.29, 1.82) is 0 Å². The summed E-state index contributed by atoms with van der Waals surface area (Å²) in [4.78, 5) is 13.9. The Morgan fingerprint density at radius 3 is 2.74 bits per heavy atom. The summed E-state index contributed by atoms with van der Waals surface area (Å²) in [5.41, 5.74) is 1.44. The van der Waals surface area contributed by atoms with Gasteiger partial charge in [-0.2, -0.15) is 4.31 Å². The number of hydrogen-bond donors (Lipinski definition) is 1. The molecule has 7 heteroatoms. The Hall–Kier alpha value is -1.44. The van der Waals surface area contributed by atoms with Crippen LogP contribution in [0.1, 0.15) is 51.5 Å². The SMILES string of the molecule is CC[C@@]1(CO)C[C@@H]2CC[C@H]1N2S(=O)(=O)c1ccc2c(c1)CCCN2C(C)=O. The number of carbonyl (C=O) groups excluding carboxylic acids is 1. The average molecular weight is 393 g/mol. The van der Waals surface area contributed by atoms with E-state index in [9.17, 15) is 18.3 Å². The highest BCUT2D eigenvalue weighted by Crippen LogP contribution is 2.53. The van der Waals surface area contributed by atoms with Crippen LogP contribution in [0, 0.1) is 5.41 Å². The van der Waals surface area contributed by atoms with E-state index < -0.39 is 10.0 Å². The molecule has 3 heterocycles. The third-order valence-electron chi connectivity index (χ3n) is 6.93. The lowest BCUT2D eigenvalue weighted by Gasteiger charge is -2.35. The van der Waals surface area contributed by atoms with E-state index in [0.717, 1.165) is 49.8 Å². The summed E-state index contributed by atoms with van der Waals surface area (Å²) in [7, 11) is -3.62. The standard InChI is InChI=1S/C20H28N2O4S/c1-3-20(13-23)12-16-6-9-19(20)22(16)27(25,26)17-7-8-18-15(11-17)5-4-10-21(18)14(2)24/h7-8,11,16,19,23H,3-6,9-10,12-13H2,1-2H3/t16-,19+,20-/m0/s1. The van der Waals surface area contributed by atoms with E-state index in [2.05, 4.69) is 0 Å². The lowest BCUT2D eigenvalue weighted by molar-refractivity contribution is -0.116. The van der Waals surface area contributed by atoms with Crippen molar-refractivity contribution in [3.8, 4) is 0 Å². The number of aryl methyl sites for hydroxylation is 1. The van der Waals surface area contributed by atoms with E-state index in [-0.39, 0.29) is 30.0 Å². The largest absolute Gasteiger partial charge is 0.396 e. The zero-order valence-electron chi connectivity index (χ0n) is 16.0. The lowest BCUT2D eigenvalue weighted by Crippen LogP contribution is -2.42. The van der Waals surface area contributed by atoms with Crippen LogP contribution in [-0.2, 0) is 21.2 Å². The van der Waals surface area contributed by atoms with Crippen molar-refractivity contribution < 1.29 is 18.3 Å². The first-order valence-electron chi connectivity index (χ1n) is 9.89. The summed E-state index contributed by atoms with van der Waals surface area (Å²) in [6.45, 7) is 4.30. The molecule has 27 heavy (non-hydrogen) atoms. The summed E-state index contributed by atoms with van der Waals surface area (Å²) in [5.74, 6) is -0.0141. The van der Waals surface area contributed by atoms with Gasteiger partial charge < -0.3 is 10.0 Å². The van der Waals surface area contributed by atoms with Gasteiger partial charge in [0.25, 0.3) is 0 Å². The minimum absolute atomic E-state index is 0.0141. The highest BCUT2D eigenvalue weighted by atomic mass is 32.2. The third-order valence-corrected chi connectivity index (χ3v) is 8.89. The summed E-state index contributed by atoms with van der Waals surface area (Å²) < 4.78 is 28.6. The molecule has 2 saturated heterocycles. The summed E-state index contributed by atoms with van der Waals surface area (Å²) >= 11 is 0. The molecule has 2 fully saturated rings. The highest BCUT2D eigenvalue weighted by molar-refractivity contribution is 7.89. The Labute approximate surface area is 161 Å². The van der Waals surface area contributed by atoms with Gasteiger partial charge in [-0.25, -0.2) is 8.42 Å². The summed E-state index contributed by atoms with van der Waals surface area (Å²) in [6.07, 6.45) is 4.84. The number of carbonyl (C=O) groups is 1. The molecule has 4 rings (SSSR count). The number of rotatable bonds is 4. The number of aliphatic hydroxyl groups excluding tert-OH is 1. The normalized spacial score (nSPS) is 30.6. The van der Waals surface area contributed by atoms with E-state index in [1.165, 1.54) is 0 Å². The van der Waals surface area contributed by atoms with Gasteiger partial charge in [-0.3, -0.25) is 4.79 Å².